The number of ketones is 2. The van der Waals surface area contributed by atoms with Gasteiger partial charge in [0.15, 0.2) is 11.6 Å². The van der Waals surface area contributed by atoms with Gasteiger partial charge >= 0.3 is 0 Å². The lowest BCUT2D eigenvalue weighted by atomic mass is 10.1. The Morgan fingerprint density at radius 1 is 0.843 bits per heavy atom. The minimum Gasteiger partial charge on any atom is -0.858 e. The van der Waals surface area contributed by atoms with Gasteiger partial charge in [-0.15, -0.1) is 0 Å². The summed E-state index contributed by atoms with van der Waals surface area (Å²) in [6, 6.07) is 3.62. The summed E-state index contributed by atoms with van der Waals surface area (Å²) >= 11 is -3.14. The van der Waals surface area contributed by atoms with Crippen molar-refractivity contribution < 1.29 is 71.3 Å². The Kier molecular flexibility index (Phi) is 10.7. The molecule has 51 heavy (non-hydrogen) atoms. The van der Waals surface area contributed by atoms with E-state index in [9.17, 15) is 67.2 Å². The van der Waals surface area contributed by atoms with E-state index in [4.69, 9.17) is 0 Å². The molecule has 2 aromatic carbocycles. The van der Waals surface area contributed by atoms with Crippen LogP contribution in [0.3, 0.4) is 0 Å². The summed E-state index contributed by atoms with van der Waals surface area (Å²) in [7, 11) is -15.9. The number of hydrogen-bond donors (Lipinski definition) is 0. The van der Waals surface area contributed by atoms with Crippen LogP contribution in [0.5, 0.6) is 11.6 Å². The maximum absolute atomic E-state index is 13.3. The predicted molar refractivity (Wildman–Crippen MR) is 165 cm³/mol. The summed E-state index contributed by atoms with van der Waals surface area (Å²) in [5, 5.41) is 21.0. The van der Waals surface area contributed by atoms with E-state index in [0.717, 1.165) is 50.3 Å². The van der Waals surface area contributed by atoms with Crippen molar-refractivity contribution in [3.05, 3.63) is 77.5 Å². The summed E-state index contributed by atoms with van der Waals surface area (Å²) in [5.41, 5.74) is -3.70. The fraction of sp³-hybridized carbons (Fsp3) is 0.0741. The van der Waals surface area contributed by atoms with Gasteiger partial charge in [-0.1, -0.05) is 24.3 Å². The first kappa shape index (κ1) is 38.6. The summed E-state index contributed by atoms with van der Waals surface area (Å²) in [4.78, 5) is 34.7. The number of aromatic nitrogens is 2. The molecule has 0 saturated carbocycles. The van der Waals surface area contributed by atoms with Gasteiger partial charge in [0.1, 0.15) is 58.9 Å². The smallest absolute Gasteiger partial charge is 0.281 e. The Morgan fingerprint density at radius 3 is 2.00 bits per heavy atom. The second-order valence-electron chi connectivity index (χ2n) is 9.89. The van der Waals surface area contributed by atoms with Gasteiger partial charge in [-0.2, -0.15) is 15.2 Å². The lowest BCUT2D eigenvalue weighted by Crippen LogP contribution is -2.24. The fourth-order valence-corrected chi connectivity index (χ4v) is 6.40. The van der Waals surface area contributed by atoms with Crippen molar-refractivity contribution in [2.45, 2.75) is 28.5 Å². The Bertz CT molecular complexity index is 2500. The summed E-state index contributed by atoms with van der Waals surface area (Å²) in [6.45, 7) is 1.97. The maximum Gasteiger partial charge on any atom is 0.281 e. The third-order valence-corrected chi connectivity index (χ3v) is 9.41. The zero-order chi connectivity index (χ0) is 38.2. The van der Waals surface area contributed by atoms with Crippen LogP contribution in [0.4, 0.5) is 5.69 Å². The molecule has 1 unspecified atom stereocenters. The molecule has 0 spiro atoms. The first-order valence-electron chi connectivity index (χ1n) is 13.3. The zero-order valence-electron chi connectivity index (χ0n) is 25.3. The first-order valence-corrected chi connectivity index (χ1v) is 18.5. The van der Waals surface area contributed by atoms with Crippen molar-refractivity contribution in [1.82, 2.24) is 9.78 Å². The average Bonchev–Trinajstić information content (AvgIpc) is 3.51. The highest BCUT2D eigenvalue weighted by Gasteiger charge is 2.35. The molecule has 1 aromatic heterocycles. The van der Waals surface area contributed by atoms with Gasteiger partial charge in [0.25, 0.3) is 5.91 Å². The molecule has 2 heterocycles. The molecule has 1 amide bonds. The highest BCUT2D eigenvalue weighted by Crippen LogP contribution is 2.33. The number of Topliss-reactive ketones (excluding diaryl/α,β-unsaturated/α-hetero) is 2. The number of nitrogens with zero attached hydrogens (tertiary/aromatic N) is 4. The monoisotopic (exact) mass is 781 g/mol. The maximum atomic E-state index is 13.3. The number of hydrogen-bond acceptors (Lipinski definition) is 18. The minimum atomic E-state index is -5.38. The number of carbonyl (C=O) groups is 3. The third-order valence-electron chi connectivity index (χ3n) is 6.48. The standard InChI is InChI=1S/C27H22N4O16S4/c1-14(32)24-18(26(34)30(28-24)20-12-16(47-48(36)37)8-10-22(20)50(41,42)43)6-4-3-5-7-19-25(15(2)33)29-31(27(19)35)21-13-17(49(38,39)40)9-11-23(21)51(44,45)46/h3-13,34H,1-2H3,(H,36,37)(H,38,39,40)(H,41,42,43)(H,44,45,46)/p-5/b5-3+,6-4+,19-7-. The number of benzene rings is 2. The van der Waals surface area contributed by atoms with Crippen molar-refractivity contribution in [1.29, 1.82) is 0 Å². The Morgan fingerprint density at radius 2 is 1.45 bits per heavy atom. The lowest BCUT2D eigenvalue weighted by molar-refractivity contribution is -0.278. The molecule has 0 radical (unpaired) electrons. The van der Waals surface area contributed by atoms with Crippen molar-refractivity contribution in [2.24, 2.45) is 5.10 Å². The van der Waals surface area contributed by atoms with Crippen LogP contribution >= 0.6 is 0 Å². The minimum absolute atomic E-state index is 0.244. The number of carbonyl (C=O) groups excluding carboxylic acids is 3. The second-order valence-corrected chi connectivity index (χ2v) is 14.5. The quantitative estimate of drug-likeness (QED) is 0.0736. The molecule has 3 aromatic rings. The van der Waals surface area contributed by atoms with E-state index in [0.29, 0.717) is 35.0 Å². The van der Waals surface area contributed by atoms with E-state index in [1.807, 2.05) is 0 Å². The van der Waals surface area contributed by atoms with Crippen molar-refractivity contribution >= 4 is 76.7 Å². The van der Waals surface area contributed by atoms with E-state index >= 15 is 0 Å². The molecule has 24 heteroatoms. The Balaban J connectivity index is 1.74. The van der Waals surface area contributed by atoms with Crippen LogP contribution in [-0.2, 0) is 51.3 Å². The SMILES string of the molecule is CC(=O)C1=NN(c2cc(S(=O)(=O)[O-])ccc2S(=O)(=O)[O-])C(=O)\C1=C/C=C/C=C/c1c(C(C)=O)nn(-c2cc(OS(=O)[O-])ccc2S(=O)(=O)[O-])c1[O-]. The molecular weight excluding hydrogens is 765 g/mol. The Hall–Kier alpha value is -5.21. The van der Waals surface area contributed by atoms with Crippen LogP contribution < -0.4 is 14.3 Å². The molecular formula is C27H17N4O16S4-5. The van der Waals surface area contributed by atoms with E-state index in [-0.39, 0.29) is 5.01 Å². The third kappa shape index (κ3) is 8.40. The molecule has 1 atom stereocenters. The van der Waals surface area contributed by atoms with Crippen LogP contribution in [0.2, 0.25) is 0 Å². The normalized spacial score (nSPS) is 15.6. The van der Waals surface area contributed by atoms with Gasteiger partial charge in [0, 0.05) is 25.5 Å². The largest absolute Gasteiger partial charge is 0.858 e. The van der Waals surface area contributed by atoms with E-state index < -0.39 is 119 Å². The van der Waals surface area contributed by atoms with Crippen molar-refractivity contribution in [2.75, 3.05) is 5.01 Å². The molecule has 20 nitrogen and oxygen atoms in total. The highest BCUT2D eigenvalue weighted by molar-refractivity contribution is 7.86. The molecule has 270 valence electrons. The Labute approximate surface area is 290 Å². The molecule has 0 aliphatic carbocycles. The fourth-order valence-electron chi connectivity index (χ4n) is 4.38. The number of amides is 1. The number of rotatable bonds is 12. The molecule has 0 fully saturated rings. The van der Waals surface area contributed by atoms with Crippen LogP contribution in [0.1, 0.15) is 29.9 Å². The van der Waals surface area contributed by atoms with Crippen molar-refractivity contribution in [3.63, 3.8) is 0 Å². The van der Waals surface area contributed by atoms with Crippen LogP contribution in [0, 0.1) is 0 Å². The van der Waals surface area contributed by atoms with Gasteiger partial charge in [0.2, 0.25) is 0 Å². The summed E-state index contributed by atoms with van der Waals surface area (Å²) < 4.78 is 132. The predicted octanol–water partition coefficient (Wildman–Crippen LogP) is -0.479. The van der Waals surface area contributed by atoms with Gasteiger partial charge in [0.05, 0.1) is 31.6 Å². The van der Waals surface area contributed by atoms with Gasteiger partial charge < -0.3 is 27.5 Å². The second kappa shape index (κ2) is 14.2. The molecule has 0 N–H and O–H groups in total. The topological polar surface area (TPSA) is 329 Å². The summed E-state index contributed by atoms with van der Waals surface area (Å²) in [6.07, 6.45) is 5.36. The number of allylic oxidation sites excluding steroid dienone is 4. The van der Waals surface area contributed by atoms with E-state index in [1.165, 1.54) is 0 Å². The van der Waals surface area contributed by atoms with Crippen LogP contribution in [-0.4, -0.2) is 80.6 Å². The van der Waals surface area contributed by atoms with E-state index in [1.54, 1.807) is 0 Å². The van der Waals surface area contributed by atoms with Gasteiger partial charge in [-0.3, -0.25) is 14.4 Å². The van der Waals surface area contributed by atoms with Crippen LogP contribution in [0.25, 0.3) is 11.8 Å². The number of anilines is 1. The highest BCUT2D eigenvalue weighted by atomic mass is 32.2. The molecule has 0 saturated heterocycles. The summed E-state index contributed by atoms with van der Waals surface area (Å²) in [5.74, 6) is -4.53. The average molecular weight is 782 g/mol. The van der Waals surface area contributed by atoms with Gasteiger partial charge in [-0.05, 0) is 42.3 Å². The molecule has 1 aliphatic heterocycles. The van der Waals surface area contributed by atoms with Crippen molar-refractivity contribution in [3.8, 4) is 17.3 Å². The zero-order valence-corrected chi connectivity index (χ0v) is 28.6. The van der Waals surface area contributed by atoms with E-state index in [2.05, 4.69) is 14.4 Å². The first-order chi connectivity index (χ1) is 23.5. The van der Waals surface area contributed by atoms with Gasteiger partial charge in [-0.25, -0.2) is 34.1 Å². The molecule has 0 bridgehead atoms. The number of hydrazone groups is 1. The molecule has 1 aliphatic rings. The lowest BCUT2D eigenvalue weighted by Gasteiger charge is -2.20. The molecule has 4 rings (SSSR count). The van der Waals surface area contributed by atoms with Crippen LogP contribution in [0.15, 0.2) is 86.1 Å².